The largest absolute Gasteiger partial charge is 0.324 e. The predicted octanol–water partition coefficient (Wildman–Crippen LogP) is 2.44. The number of carbonyl (C=O) groups excluding carboxylic acids is 1. The highest BCUT2D eigenvalue weighted by molar-refractivity contribution is 6.03. The monoisotopic (exact) mass is 230 g/mol. The molecule has 3 nitrogen and oxygen atoms in total. The first-order valence-electron chi connectivity index (χ1n) is 6.34. The molecule has 1 aromatic rings. The van der Waals surface area contributed by atoms with Crippen LogP contribution in [0.25, 0.3) is 0 Å². The summed E-state index contributed by atoms with van der Waals surface area (Å²) in [6.07, 6.45) is 3.68. The van der Waals surface area contributed by atoms with Gasteiger partial charge in [-0.05, 0) is 37.8 Å². The lowest BCUT2D eigenvalue weighted by Gasteiger charge is -2.29. The Balaban J connectivity index is 1.93. The first kappa shape index (κ1) is 10.8. The van der Waals surface area contributed by atoms with Crippen LogP contribution in [-0.4, -0.2) is 11.9 Å². The number of amides is 1. The van der Waals surface area contributed by atoms with Gasteiger partial charge in [0, 0.05) is 17.3 Å². The smallest absolute Gasteiger partial charge is 0.246 e. The molecule has 0 radical (unpaired) electrons. The van der Waals surface area contributed by atoms with Crippen molar-refractivity contribution in [3.05, 3.63) is 28.8 Å². The van der Waals surface area contributed by atoms with Gasteiger partial charge in [-0.2, -0.15) is 0 Å². The molecule has 1 amide bonds. The first-order chi connectivity index (χ1) is 8.16. The molecule has 1 fully saturated rings. The zero-order chi connectivity index (χ0) is 12.0. The van der Waals surface area contributed by atoms with Gasteiger partial charge in [-0.25, -0.2) is 0 Å². The minimum absolute atomic E-state index is 0.0978. The number of benzene rings is 1. The van der Waals surface area contributed by atoms with Crippen LogP contribution in [-0.2, 0) is 4.79 Å². The van der Waals surface area contributed by atoms with E-state index in [1.807, 2.05) is 0 Å². The van der Waals surface area contributed by atoms with Crippen molar-refractivity contribution in [1.29, 1.82) is 0 Å². The number of nitrogens with one attached hydrogen (secondary N) is 2. The van der Waals surface area contributed by atoms with E-state index in [9.17, 15) is 4.79 Å². The van der Waals surface area contributed by atoms with E-state index in [1.54, 1.807) is 0 Å². The highest BCUT2D eigenvalue weighted by Gasteiger charge is 2.34. The van der Waals surface area contributed by atoms with E-state index in [0.717, 1.165) is 11.3 Å². The highest BCUT2D eigenvalue weighted by Crippen LogP contribution is 2.36. The lowest BCUT2D eigenvalue weighted by atomic mass is 9.91. The maximum atomic E-state index is 12.0. The minimum Gasteiger partial charge on any atom is -0.324 e. The summed E-state index contributed by atoms with van der Waals surface area (Å²) in [5, 5.41) is 6.46. The van der Waals surface area contributed by atoms with Crippen LogP contribution in [0.1, 0.15) is 42.0 Å². The fourth-order valence-corrected chi connectivity index (χ4v) is 2.56. The van der Waals surface area contributed by atoms with Crippen molar-refractivity contribution in [2.24, 2.45) is 0 Å². The van der Waals surface area contributed by atoms with Gasteiger partial charge in [0.15, 0.2) is 0 Å². The Morgan fingerprint density at radius 2 is 2.06 bits per heavy atom. The zero-order valence-electron chi connectivity index (χ0n) is 10.3. The van der Waals surface area contributed by atoms with E-state index >= 15 is 0 Å². The molecule has 1 aliphatic carbocycles. The fraction of sp³-hybridized carbons (Fsp3) is 0.500. The van der Waals surface area contributed by atoms with Crippen molar-refractivity contribution in [3.63, 3.8) is 0 Å². The summed E-state index contributed by atoms with van der Waals surface area (Å²) in [4.78, 5) is 12.0. The van der Waals surface area contributed by atoms with Gasteiger partial charge in [-0.3, -0.25) is 10.1 Å². The molecule has 0 aromatic heterocycles. The van der Waals surface area contributed by atoms with E-state index in [4.69, 9.17) is 0 Å². The van der Waals surface area contributed by atoms with Crippen LogP contribution in [0, 0.1) is 13.8 Å². The van der Waals surface area contributed by atoms with E-state index in [2.05, 4.69) is 36.6 Å². The van der Waals surface area contributed by atoms with Crippen LogP contribution < -0.4 is 10.6 Å². The summed E-state index contributed by atoms with van der Waals surface area (Å²) >= 11 is 0. The van der Waals surface area contributed by atoms with Gasteiger partial charge >= 0.3 is 0 Å². The fourth-order valence-electron chi connectivity index (χ4n) is 2.56. The van der Waals surface area contributed by atoms with Gasteiger partial charge < -0.3 is 5.32 Å². The van der Waals surface area contributed by atoms with Crippen molar-refractivity contribution in [1.82, 2.24) is 5.32 Å². The molecule has 1 unspecified atom stereocenters. The molecule has 0 spiro atoms. The summed E-state index contributed by atoms with van der Waals surface area (Å²) in [5.74, 6) is 0.0978. The molecular weight excluding hydrogens is 212 g/mol. The van der Waals surface area contributed by atoms with Crippen LogP contribution in [0.2, 0.25) is 0 Å². The second kappa shape index (κ2) is 3.84. The Kier molecular flexibility index (Phi) is 2.44. The first-order valence-corrected chi connectivity index (χ1v) is 6.34. The van der Waals surface area contributed by atoms with E-state index in [1.165, 1.54) is 30.4 Å². The summed E-state index contributed by atoms with van der Waals surface area (Å²) in [6, 6.07) is 4.56. The van der Waals surface area contributed by atoms with Crippen molar-refractivity contribution >= 4 is 11.6 Å². The Labute approximate surface area is 102 Å². The number of carbonyl (C=O) groups is 1. The minimum atomic E-state index is -0.144. The number of fused-ring (bicyclic) bond motifs is 1. The second-order valence-electron chi connectivity index (χ2n) is 5.19. The van der Waals surface area contributed by atoms with Crippen LogP contribution in [0.3, 0.4) is 0 Å². The van der Waals surface area contributed by atoms with Crippen molar-refractivity contribution in [2.45, 2.75) is 45.2 Å². The molecule has 1 aromatic carbocycles. The molecule has 1 atom stereocenters. The van der Waals surface area contributed by atoms with Crippen molar-refractivity contribution < 1.29 is 4.79 Å². The average Bonchev–Trinajstić information content (AvgIpc) is 2.55. The Morgan fingerprint density at radius 1 is 1.29 bits per heavy atom. The van der Waals surface area contributed by atoms with E-state index in [-0.39, 0.29) is 11.9 Å². The number of aryl methyl sites for hydroxylation is 1. The van der Waals surface area contributed by atoms with Crippen LogP contribution in [0.15, 0.2) is 12.1 Å². The predicted molar refractivity (Wildman–Crippen MR) is 68.1 cm³/mol. The second-order valence-corrected chi connectivity index (χ2v) is 5.19. The molecule has 90 valence electrons. The van der Waals surface area contributed by atoms with Crippen LogP contribution in [0.5, 0.6) is 0 Å². The number of hydrogen-bond acceptors (Lipinski definition) is 2. The Bertz CT molecular complexity index is 477. The summed E-state index contributed by atoms with van der Waals surface area (Å²) in [7, 11) is 0. The average molecular weight is 230 g/mol. The van der Waals surface area contributed by atoms with Crippen molar-refractivity contribution in [2.75, 3.05) is 5.32 Å². The Morgan fingerprint density at radius 3 is 2.71 bits per heavy atom. The highest BCUT2D eigenvalue weighted by atomic mass is 16.2. The molecule has 2 N–H and O–H groups in total. The van der Waals surface area contributed by atoms with Gasteiger partial charge in [0.05, 0.1) is 0 Å². The summed E-state index contributed by atoms with van der Waals surface area (Å²) < 4.78 is 0. The molecule has 2 aliphatic rings. The lowest BCUT2D eigenvalue weighted by Crippen LogP contribution is -2.40. The van der Waals surface area contributed by atoms with Crippen molar-refractivity contribution in [3.8, 4) is 0 Å². The van der Waals surface area contributed by atoms with Gasteiger partial charge in [-0.1, -0.05) is 18.6 Å². The molecule has 1 heterocycles. The number of rotatable bonds is 2. The molecule has 3 heteroatoms. The molecular formula is C14H18N2O. The maximum Gasteiger partial charge on any atom is 0.246 e. The standard InChI is InChI=1S/C14H18N2O/c1-8-6-7-11-12(9(8)2)16-14(17)13(11)15-10-4-3-5-10/h6-7,10,13,15H,3-5H2,1-2H3,(H,16,17). The third-order valence-electron chi connectivity index (χ3n) is 4.10. The van der Waals surface area contributed by atoms with Gasteiger partial charge in [-0.15, -0.1) is 0 Å². The van der Waals surface area contributed by atoms with Crippen LogP contribution in [0.4, 0.5) is 5.69 Å². The maximum absolute atomic E-state index is 12.0. The molecule has 0 bridgehead atoms. The normalized spacial score (nSPS) is 23.2. The molecule has 17 heavy (non-hydrogen) atoms. The van der Waals surface area contributed by atoms with Crippen LogP contribution >= 0.6 is 0 Å². The Hall–Kier alpha value is -1.35. The summed E-state index contributed by atoms with van der Waals surface area (Å²) in [5.41, 5.74) is 4.55. The quantitative estimate of drug-likeness (QED) is 0.819. The lowest BCUT2D eigenvalue weighted by molar-refractivity contribution is -0.118. The SMILES string of the molecule is Cc1ccc2c(c1C)NC(=O)C2NC1CCC1. The molecule has 1 aliphatic heterocycles. The van der Waals surface area contributed by atoms with Gasteiger partial charge in [0.2, 0.25) is 5.91 Å². The number of anilines is 1. The molecule has 3 rings (SSSR count). The third-order valence-corrected chi connectivity index (χ3v) is 4.10. The molecule has 1 saturated carbocycles. The van der Waals surface area contributed by atoms with E-state index < -0.39 is 0 Å². The third kappa shape index (κ3) is 1.65. The zero-order valence-corrected chi connectivity index (χ0v) is 10.3. The van der Waals surface area contributed by atoms with E-state index in [0.29, 0.717) is 6.04 Å². The summed E-state index contributed by atoms with van der Waals surface area (Å²) in [6.45, 7) is 4.15. The molecule has 0 saturated heterocycles. The van der Waals surface area contributed by atoms with Gasteiger partial charge in [0.1, 0.15) is 6.04 Å². The van der Waals surface area contributed by atoms with Gasteiger partial charge in [0.25, 0.3) is 0 Å². The number of hydrogen-bond donors (Lipinski definition) is 2. The topological polar surface area (TPSA) is 41.1 Å².